The van der Waals surface area contributed by atoms with E-state index in [0.717, 1.165) is 11.4 Å². The molecule has 112 valence electrons. The van der Waals surface area contributed by atoms with Gasteiger partial charge in [0.15, 0.2) is 0 Å². The van der Waals surface area contributed by atoms with E-state index in [-0.39, 0.29) is 17.2 Å². The molecule has 1 aromatic carbocycles. The normalized spacial score (nSPS) is 11.2. The first-order valence-electron chi connectivity index (χ1n) is 5.97. The van der Waals surface area contributed by atoms with Gasteiger partial charge in [0.25, 0.3) is 5.91 Å². The molecule has 0 unspecified atom stereocenters. The first kappa shape index (κ1) is 15.0. The van der Waals surface area contributed by atoms with Gasteiger partial charge in [-0.1, -0.05) is 3.89 Å². The average molecular weight is 312 g/mol. The third kappa shape index (κ3) is 3.82. The fourth-order valence-electron chi connectivity index (χ4n) is 1.79. The van der Waals surface area contributed by atoms with Crippen LogP contribution in [0.2, 0.25) is 0 Å². The van der Waals surface area contributed by atoms with Crippen molar-refractivity contribution in [3.63, 3.8) is 0 Å². The highest BCUT2D eigenvalue weighted by Gasteiger charge is 2.12. The molecule has 0 radical (unpaired) electrons. The summed E-state index contributed by atoms with van der Waals surface area (Å²) in [6, 6.07) is 8.79. The Morgan fingerprint density at radius 1 is 1.10 bits per heavy atom. The van der Waals surface area contributed by atoms with Crippen LogP contribution < -0.4 is 9.61 Å². The van der Waals surface area contributed by atoms with Crippen LogP contribution in [0.3, 0.4) is 0 Å². The largest absolute Gasteiger partial charge is 0.488 e. The summed E-state index contributed by atoms with van der Waals surface area (Å²) >= 11 is 0. The van der Waals surface area contributed by atoms with Crippen LogP contribution in [0.15, 0.2) is 36.4 Å². The minimum atomic E-state index is -5.07. The van der Waals surface area contributed by atoms with Gasteiger partial charge in [0.1, 0.15) is 5.75 Å². The molecule has 0 fully saturated rings. The van der Waals surface area contributed by atoms with E-state index in [1.54, 1.807) is 4.68 Å². The zero-order chi connectivity index (χ0) is 15.6. The molecular formula is C13H13FN2O4S. The minimum absolute atomic E-state index is 0.206. The topological polar surface area (TPSA) is 77.4 Å². The molecule has 6 nitrogen and oxygen atoms in total. The molecule has 1 amide bonds. The van der Waals surface area contributed by atoms with Gasteiger partial charge in [-0.3, -0.25) is 14.9 Å². The number of amides is 1. The molecule has 1 N–H and O–H groups in total. The van der Waals surface area contributed by atoms with Gasteiger partial charge in [0.2, 0.25) is 0 Å². The SMILES string of the molecule is Cc1ccc(C)n1NC(=O)c1ccc(OS(=O)(=O)F)cc1. The summed E-state index contributed by atoms with van der Waals surface area (Å²) in [5.41, 5.74) is 4.70. The molecular weight excluding hydrogens is 299 g/mol. The third-order valence-corrected chi connectivity index (χ3v) is 3.19. The lowest BCUT2D eigenvalue weighted by molar-refractivity contribution is 0.101. The number of halogens is 1. The second-order valence-corrected chi connectivity index (χ2v) is 5.35. The molecule has 8 heteroatoms. The van der Waals surface area contributed by atoms with E-state index >= 15 is 0 Å². The lowest BCUT2D eigenvalue weighted by atomic mass is 10.2. The van der Waals surface area contributed by atoms with E-state index in [1.807, 2.05) is 26.0 Å². The second kappa shape index (κ2) is 5.57. The molecule has 21 heavy (non-hydrogen) atoms. The van der Waals surface area contributed by atoms with Gasteiger partial charge in [-0.05, 0) is 50.2 Å². The molecule has 0 atom stereocenters. The van der Waals surface area contributed by atoms with Crippen molar-refractivity contribution in [3.8, 4) is 5.75 Å². The summed E-state index contributed by atoms with van der Waals surface area (Å²) in [5.74, 6) is -0.588. The number of carbonyl (C=O) groups is 1. The molecule has 0 spiro atoms. The number of hydrogen-bond donors (Lipinski definition) is 1. The number of nitrogens with zero attached hydrogens (tertiary/aromatic N) is 1. The van der Waals surface area contributed by atoms with Crippen molar-refractivity contribution >= 4 is 16.4 Å². The predicted octanol–water partition coefficient (Wildman–Crippen LogP) is 2.08. The average Bonchev–Trinajstić information content (AvgIpc) is 2.69. The quantitative estimate of drug-likeness (QED) is 0.877. The number of nitrogens with one attached hydrogen (secondary N) is 1. The molecule has 2 rings (SSSR count). The second-order valence-electron chi connectivity index (χ2n) is 4.39. The van der Waals surface area contributed by atoms with E-state index in [1.165, 1.54) is 24.3 Å². The van der Waals surface area contributed by atoms with Crippen LogP contribution in [0.5, 0.6) is 5.75 Å². The molecule has 0 aliphatic heterocycles. The Labute approximate surface area is 121 Å². The lowest BCUT2D eigenvalue weighted by Crippen LogP contribution is -2.24. The maximum atomic E-state index is 12.3. The molecule has 0 aliphatic carbocycles. The maximum absolute atomic E-state index is 12.3. The zero-order valence-electron chi connectivity index (χ0n) is 11.3. The fourth-order valence-corrected chi connectivity index (χ4v) is 2.13. The highest BCUT2D eigenvalue weighted by Crippen LogP contribution is 2.15. The lowest BCUT2D eigenvalue weighted by Gasteiger charge is -2.11. The maximum Gasteiger partial charge on any atom is 0.488 e. The van der Waals surface area contributed by atoms with Crippen LogP contribution in [0, 0.1) is 13.8 Å². The fraction of sp³-hybridized carbons (Fsp3) is 0.154. The molecule has 1 heterocycles. The van der Waals surface area contributed by atoms with Crippen molar-refractivity contribution in [1.82, 2.24) is 4.68 Å². The van der Waals surface area contributed by atoms with Crippen LogP contribution in [-0.4, -0.2) is 19.0 Å². The summed E-state index contributed by atoms with van der Waals surface area (Å²) in [4.78, 5) is 12.0. The highest BCUT2D eigenvalue weighted by atomic mass is 32.3. The van der Waals surface area contributed by atoms with E-state index in [9.17, 15) is 17.1 Å². The summed E-state index contributed by atoms with van der Waals surface area (Å²) in [6.45, 7) is 3.69. The third-order valence-electron chi connectivity index (χ3n) is 2.80. The van der Waals surface area contributed by atoms with Gasteiger partial charge in [0.05, 0.1) is 0 Å². The number of aromatic nitrogens is 1. The summed E-state index contributed by atoms with van der Waals surface area (Å²) in [7, 11) is -5.07. The highest BCUT2D eigenvalue weighted by molar-refractivity contribution is 7.81. The molecule has 0 saturated carbocycles. The molecule has 0 saturated heterocycles. The zero-order valence-corrected chi connectivity index (χ0v) is 12.1. The van der Waals surface area contributed by atoms with Crippen molar-refractivity contribution in [2.75, 3.05) is 5.43 Å². The Morgan fingerprint density at radius 3 is 2.10 bits per heavy atom. The smallest absolute Gasteiger partial charge is 0.358 e. The molecule has 0 aliphatic rings. The van der Waals surface area contributed by atoms with Gasteiger partial charge >= 0.3 is 10.5 Å². The van der Waals surface area contributed by atoms with Crippen molar-refractivity contribution < 1.29 is 21.3 Å². The summed E-state index contributed by atoms with van der Waals surface area (Å²) < 4.78 is 38.7. The summed E-state index contributed by atoms with van der Waals surface area (Å²) in [6.07, 6.45) is 0. The van der Waals surface area contributed by atoms with E-state index < -0.39 is 10.5 Å². The van der Waals surface area contributed by atoms with Gasteiger partial charge in [-0.2, -0.15) is 8.42 Å². The predicted molar refractivity (Wildman–Crippen MR) is 74.7 cm³/mol. The monoisotopic (exact) mass is 312 g/mol. The van der Waals surface area contributed by atoms with E-state index in [2.05, 4.69) is 9.61 Å². The first-order chi connectivity index (χ1) is 9.76. The van der Waals surface area contributed by atoms with Gasteiger partial charge in [-0.25, -0.2) is 0 Å². The first-order valence-corrected chi connectivity index (χ1v) is 7.27. The Bertz CT molecular complexity index is 746. The standard InChI is InChI=1S/C13H13FN2O4S/c1-9-3-4-10(2)16(9)15-13(17)11-5-7-12(8-6-11)20-21(14,18)19/h3-8H,1-2H3,(H,15,17). The van der Waals surface area contributed by atoms with Crippen LogP contribution in [0.25, 0.3) is 0 Å². The Hall–Kier alpha value is -2.35. The minimum Gasteiger partial charge on any atom is -0.358 e. The van der Waals surface area contributed by atoms with E-state index in [0.29, 0.717) is 0 Å². The number of rotatable bonds is 4. The number of hydrogen-bond acceptors (Lipinski definition) is 4. The van der Waals surface area contributed by atoms with E-state index in [4.69, 9.17) is 0 Å². The number of aryl methyl sites for hydroxylation is 2. The van der Waals surface area contributed by atoms with Crippen molar-refractivity contribution in [2.45, 2.75) is 13.8 Å². The van der Waals surface area contributed by atoms with Crippen LogP contribution in [-0.2, 0) is 10.5 Å². The molecule has 0 bridgehead atoms. The van der Waals surface area contributed by atoms with Gasteiger partial charge < -0.3 is 4.18 Å². The number of benzene rings is 1. The molecule has 1 aromatic heterocycles. The van der Waals surface area contributed by atoms with Crippen molar-refractivity contribution in [2.24, 2.45) is 0 Å². The van der Waals surface area contributed by atoms with Crippen LogP contribution in [0.1, 0.15) is 21.7 Å². The molecule has 2 aromatic rings. The van der Waals surface area contributed by atoms with Crippen LogP contribution >= 0.6 is 0 Å². The summed E-state index contributed by atoms with van der Waals surface area (Å²) in [5, 5.41) is 0. The Kier molecular flexibility index (Phi) is 3.99. The Balaban J connectivity index is 2.14. The van der Waals surface area contributed by atoms with Gasteiger partial charge in [-0.15, -0.1) is 0 Å². The van der Waals surface area contributed by atoms with Crippen molar-refractivity contribution in [3.05, 3.63) is 53.3 Å². The van der Waals surface area contributed by atoms with Gasteiger partial charge in [0, 0.05) is 17.0 Å². The van der Waals surface area contributed by atoms with Crippen molar-refractivity contribution in [1.29, 1.82) is 0 Å². The Morgan fingerprint density at radius 2 is 1.62 bits per heavy atom. The van der Waals surface area contributed by atoms with Crippen LogP contribution in [0.4, 0.5) is 3.89 Å². The number of carbonyl (C=O) groups excluding carboxylic acids is 1.